The van der Waals surface area contributed by atoms with Crippen LogP contribution in [0.15, 0.2) is 68.5 Å². The second-order valence-electron chi connectivity index (χ2n) is 9.45. The Morgan fingerprint density at radius 2 is 1.74 bits per heavy atom. The van der Waals surface area contributed by atoms with E-state index in [-0.39, 0.29) is 5.56 Å². The highest BCUT2D eigenvalue weighted by atomic mass is 32.2. The van der Waals surface area contributed by atoms with E-state index in [1.54, 1.807) is 30.1 Å². The maximum Gasteiger partial charge on any atom is 0.329 e. The van der Waals surface area contributed by atoms with E-state index >= 15 is 0 Å². The molecule has 0 bridgehead atoms. The van der Waals surface area contributed by atoms with Gasteiger partial charge < -0.3 is 9.47 Å². The Kier molecular flexibility index (Phi) is 7.05. The number of piperazine rings is 1. The summed E-state index contributed by atoms with van der Waals surface area (Å²) in [5.74, 6) is 1.63. The predicted molar refractivity (Wildman–Crippen MR) is 154 cm³/mol. The number of thioether (sulfide) groups is 1. The maximum atomic E-state index is 12.9. The van der Waals surface area contributed by atoms with Crippen molar-refractivity contribution >= 4 is 50.4 Å². The van der Waals surface area contributed by atoms with Crippen LogP contribution in [0.5, 0.6) is 0 Å². The van der Waals surface area contributed by atoms with Gasteiger partial charge in [0.15, 0.2) is 15.5 Å². The van der Waals surface area contributed by atoms with Crippen molar-refractivity contribution in [1.29, 1.82) is 0 Å². The summed E-state index contributed by atoms with van der Waals surface area (Å²) in [6.07, 6.45) is 0.843. The van der Waals surface area contributed by atoms with E-state index in [9.17, 15) is 9.59 Å². The highest BCUT2D eigenvalue weighted by Gasteiger charge is 2.25. The molecule has 2 aromatic carbocycles. The highest BCUT2D eigenvalue weighted by molar-refractivity contribution is 8.01. The molecule has 6 rings (SSSR count). The molecule has 1 saturated heterocycles. The Morgan fingerprint density at radius 3 is 2.53 bits per heavy atom. The van der Waals surface area contributed by atoms with Crippen LogP contribution < -0.4 is 16.1 Å². The quantitative estimate of drug-likeness (QED) is 0.235. The van der Waals surface area contributed by atoms with Crippen molar-refractivity contribution in [3.8, 4) is 0 Å². The number of hydrogen-bond donors (Lipinski definition) is 1. The zero-order valence-electron chi connectivity index (χ0n) is 21.2. The molecule has 11 heteroatoms. The van der Waals surface area contributed by atoms with Crippen molar-refractivity contribution in [1.82, 2.24) is 29.0 Å². The summed E-state index contributed by atoms with van der Waals surface area (Å²) in [7, 11) is 1.66. The molecule has 0 amide bonds. The molecule has 1 aliphatic heterocycles. The van der Waals surface area contributed by atoms with Crippen LogP contribution in [-0.2, 0) is 20.1 Å². The summed E-state index contributed by atoms with van der Waals surface area (Å²) in [5, 5.41) is 0. The third-order valence-electron chi connectivity index (χ3n) is 6.92. The number of aromatic amines is 1. The van der Waals surface area contributed by atoms with Crippen LogP contribution in [-0.4, -0.2) is 60.9 Å². The summed E-state index contributed by atoms with van der Waals surface area (Å²) >= 11 is 3.45. The highest BCUT2D eigenvalue weighted by Crippen LogP contribution is 2.30. The molecule has 9 nitrogen and oxygen atoms in total. The van der Waals surface area contributed by atoms with E-state index in [1.165, 1.54) is 14.8 Å². The van der Waals surface area contributed by atoms with Crippen molar-refractivity contribution in [2.75, 3.05) is 36.8 Å². The second-order valence-corrected chi connectivity index (χ2v) is 11.8. The van der Waals surface area contributed by atoms with Crippen LogP contribution in [0, 0.1) is 0 Å². The molecule has 3 aromatic heterocycles. The van der Waals surface area contributed by atoms with Crippen LogP contribution in [0.3, 0.4) is 0 Å². The zero-order chi connectivity index (χ0) is 26.1. The van der Waals surface area contributed by atoms with E-state index in [2.05, 4.69) is 45.1 Å². The van der Waals surface area contributed by atoms with Gasteiger partial charge in [-0.25, -0.2) is 9.78 Å². The average molecular weight is 548 g/mol. The third kappa shape index (κ3) is 5.01. The third-order valence-corrected chi connectivity index (χ3v) is 9.18. The Morgan fingerprint density at radius 1 is 0.974 bits per heavy atom. The summed E-state index contributed by atoms with van der Waals surface area (Å²) < 4.78 is 5.67. The van der Waals surface area contributed by atoms with Crippen LogP contribution in [0.25, 0.3) is 21.4 Å². The largest absolute Gasteiger partial charge is 0.340 e. The van der Waals surface area contributed by atoms with Gasteiger partial charge in [0.25, 0.3) is 5.56 Å². The Balaban J connectivity index is 1.20. The molecule has 1 N–H and O–H groups in total. The van der Waals surface area contributed by atoms with Crippen LogP contribution in [0.1, 0.15) is 12.0 Å². The van der Waals surface area contributed by atoms with Gasteiger partial charge >= 0.3 is 5.69 Å². The van der Waals surface area contributed by atoms with Crippen molar-refractivity contribution in [3.63, 3.8) is 0 Å². The minimum atomic E-state index is -0.447. The van der Waals surface area contributed by atoms with Gasteiger partial charge in [-0.15, -0.1) is 11.3 Å². The first-order valence-corrected chi connectivity index (χ1v) is 14.6. The zero-order valence-corrected chi connectivity index (χ0v) is 22.8. The summed E-state index contributed by atoms with van der Waals surface area (Å²) in [5.41, 5.74) is 2.39. The number of hydrogen-bond acceptors (Lipinski definition) is 8. The molecule has 1 aliphatic rings. The lowest BCUT2D eigenvalue weighted by atomic mass is 10.2. The molecule has 1 fully saturated rings. The fraction of sp³-hybridized carbons (Fsp3) is 0.333. The van der Waals surface area contributed by atoms with E-state index in [0.29, 0.717) is 17.7 Å². The molecular weight excluding hydrogens is 518 g/mol. The van der Waals surface area contributed by atoms with Crippen LogP contribution >= 0.6 is 23.1 Å². The topological polar surface area (TPSA) is 92.0 Å². The molecule has 0 spiro atoms. The number of fused-ring (bicyclic) bond motifs is 2. The number of imidazole rings is 1. The fourth-order valence-corrected chi connectivity index (χ4v) is 6.98. The van der Waals surface area contributed by atoms with Crippen LogP contribution in [0.2, 0.25) is 0 Å². The number of rotatable bonds is 8. The van der Waals surface area contributed by atoms with Crippen LogP contribution in [0.4, 0.5) is 5.95 Å². The maximum absolute atomic E-state index is 12.9. The number of anilines is 1. The van der Waals surface area contributed by atoms with Crippen molar-refractivity contribution in [3.05, 3.63) is 81.0 Å². The number of aromatic nitrogens is 5. The van der Waals surface area contributed by atoms with Gasteiger partial charge in [0.05, 0.1) is 10.2 Å². The second kappa shape index (κ2) is 10.8. The monoisotopic (exact) mass is 547 g/mol. The number of nitrogens with one attached hydrogen (secondary N) is 1. The molecule has 0 aliphatic carbocycles. The van der Waals surface area contributed by atoms with Gasteiger partial charge in [0.1, 0.15) is 0 Å². The molecule has 5 aromatic rings. The molecule has 0 atom stereocenters. The van der Waals surface area contributed by atoms with Crippen molar-refractivity contribution < 1.29 is 0 Å². The summed E-state index contributed by atoms with van der Waals surface area (Å²) in [6, 6.07) is 18.7. The molecule has 0 saturated carbocycles. The standard InChI is InChI=1S/C27H29N7O2S2/c1-31-23-22(24(35)30-26(31)36)34(12-7-17-37-27-28-20-10-5-6-11-21(20)38-27)25(29-23)33-15-13-32(14-16-33)18-19-8-3-2-4-9-19/h2-6,8-11H,7,12-18H2,1H3,(H,30,35,36). The van der Waals surface area contributed by atoms with Gasteiger partial charge in [-0.1, -0.05) is 54.2 Å². The first kappa shape index (κ1) is 24.9. The molecule has 0 unspecified atom stereocenters. The first-order valence-electron chi connectivity index (χ1n) is 12.8. The van der Waals surface area contributed by atoms with Gasteiger partial charge in [-0.3, -0.25) is 19.2 Å². The smallest absolute Gasteiger partial charge is 0.329 e. The number of benzene rings is 2. The lowest BCUT2D eigenvalue weighted by molar-refractivity contribution is 0.248. The number of nitrogens with zero attached hydrogens (tertiary/aromatic N) is 6. The Hall–Kier alpha value is -3.41. The van der Waals surface area contributed by atoms with Crippen molar-refractivity contribution in [2.24, 2.45) is 7.05 Å². The summed E-state index contributed by atoms with van der Waals surface area (Å²) in [6.45, 7) is 4.98. The Bertz CT molecular complexity index is 1650. The molecule has 196 valence electrons. The van der Waals surface area contributed by atoms with E-state index in [1.807, 2.05) is 28.8 Å². The average Bonchev–Trinajstić information content (AvgIpc) is 3.53. The van der Waals surface area contributed by atoms with Gasteiger partial charge in [-0.2, -0.15) is 4.98 Å². The predicted octanol–water partition coefficient (Wildman–Crippen LogP) is 3.54. The Labute approximate surface area is 227 Å². The lowest BCUT2D eigenvalue weighted by Gasteiger charge is -2.35. The number of thiazole rings is 1. The molecule has 0 radical (unpaired) electrons. The molecule has 4 heterocycles. The van der Waals surface area contributed by atoms with Crippen molar-refractivity contribution in [2.45, 2.75) is 23.8 Å². The fourth-order valence-electron chi connectivity index (χ4n) is 4.92. The van der Waals surface area contributed by atoms with Gasteiger partial charge in [0, 0.05) is 52.1 Å². The van der Waals surface area contributed by atoms with Gasteiger partial charge in [-0.05, 0) is 24.1 Å². The molecular formula is C27H29N7O2S2. The minimum Gasteiger partial charge on any atom is -0.340 e. The minimum absolute atomic E-state index is 0.386. The number of H-pyrrole nitrogens is 1. The lowest BCUT2D eigenvalue weighted by Crippen LogP contribution is -2.46. The van der Waals surface area contributed by atoms with E-state index < -0.39 is 5.69 Å². The van der Waals surface area contributed by atoms with E-state index in [0.717, 1.165) is 60.7 Å². The van der Waals surface area contributed by atoms with E-state index in [4.69, 9.17) is 9.97 Å². The SMILES string of the molecule is Cn1c(=O)[nH]c(=O)c2c1nc(N1CCN(Cc3ccccc3)CC1)n2CCCSc1nc2ccccc2s1. The number of aryl methyl sites for hydroxylation is 2. The number of para-hydroxylation sites is 1. The first-order chi connectivity index (χ1) is 18.6. The van der Waals surface area contributed by atoms with Gasteiger partial charge in [0.2, 0.25) is 5.95 Å². The normalized spacial score (nSPS) is 14.6. The molecule has 38 heavy (non-hydrogen) atoms. The summed E-state index contributed by atoms with van der Waals surface area (Å²) in [4.78, 5) is 41.9.